The zero-order chi connectivity index (χ0) is 30.3. The number of halogens is 1. The van der Waals surface area contributed by atoms with Crippen molar-refractivity contribution < 1.29 is 13.7 Å². The number of aromatic amines is 1. The van der Waals surface area contributed by atoms with Crippen LogP contribution in [0.5, 0.6) is 5.75 Å². The third kappa shape index (κ3) is 5.51. The molecule has 0 amide bonds. The van der Waals surface area contributed by atoms with Crippen molar-refractivity contribution in [3.63, 3.8) is 0 Å². The molecule has 8 nitrogen and oxygen atoms in total. The number of aryl methyl sites for hydroxylation is 3. The van der Waals surface area contributed by atoms with Gasteiger partial charge in [-0.25, -0.2) is 9.37 Å². The van der Waals surface area contributed by atoms with Gasteiger partial charge in [-0.1, -0.05) is 18.2 Å². The predicted octanol–water partition coefficient (Wildman–Crippen LogP) is 5.94. The molecule has 0 radical (unpaired) electrons. The SMILES string of the molecule is COc1ccc(P2(=O)CCN(C/C=C\c3[nH]c(=O)c4c(ccc5nc(Nc6cc(F)ccc6C)n(C)c54)c3C)CC2)cc1. The highest BCUT2D eigenvalue weighted by Gasteiger charge is 2.30. The molecule has 0 aliphatic carbocycles. The van der Waals surface area contributed by atoms with E-state index in [1.54, 1.807) is 13.2 Å². The number of methoxy groups -OCH3 is 1. The molecule has 10 heteroatoms. The molecule has 1 saturated heterocycles. The minimum Gasteiger partial charge on any atom is -0.497 e. The Kier molecular flexibility index (Phi) is 7.71. The van der Waals surface area contributed by atoms with Crippen LogP contribution >= 0.6 is 7.14 Å². The van der Waals surface area contributed by atoms with E-state index in [2.05, 4.69) is 21.3 Å². The van der Waals surface area contributed by atoms with Gasteiger partial charge in [0.25, 0.3) is 5.56 Å². The number of aromatic nitrogens is 3. The average molecular weight is 600 g/mol. The Balaban J connectivity index is 1.20. The minimum absolute atomic E-state index is 0.194. The number of fused-ring (bicyclic) bond motifs is 3. The highest BCUT2D eigenvalue weighted by molar-refractivity contribution is 7.71. The Hall–Kier alpha value is -4.20. The monoisotopic (exact) mass is 599 g/mol. The summed E-state index contributed by atoms with van der Waals surface area (Å²) in [5.74, 6) is 0.956. The number of anilines is 2. The Morgan fingerprint density at radius 1 is 1.09 bits per heavy atom. The van der Waals surface area contributed by atoms with Crippen molar-refractivity contribution in [1.29, 1.82) is 0 Å². The fourth-order valence-electron chi connectivity index (χ4n) is 5.84. The Labute approximate surface area is 249 Å². The van der Waals surface area contributed by atoms with Crippen molar-refractivity contribution in [3.05, 3.63) is 93.7 Å². The number of imidazole rings is 1. The maximum absolute atomic E-state index is 13.9. The lowest BCUT2D eigenvalue weighted by atomic mass is 10.0. The van der Waals surface area contributed by atoms with Gasteiger partial charge in [0.1, 0.15) is 18.7 Å². The van der Waals surface area contributed by atoms with Gasteiger partial charge >= 0.3 is 0 Å². The third-order valence-electron chi connectivity index (χ3n) is 8.51. The number of hydrogen-bond acceptors (Lipinski definition) is 6. The molecular weight excluding hydrogens is 564 g/mol. The summed E-state index contributed by atoms with van der Waals surface area (Å²) in [4.78, 5) is 23.5. The van der Waals surface area contributed by atoms with Crippen molar-refractivity contribution >= 4 is 52.0 Å². The zero-order valence-electron chi connectivity index (χ0n) is 24.8. The van der Waals surface area contributed by atoms with Crippen LogP contribution in [0.1, 0.15) is 16.8 Å². The Bertz CT molecular complexity index is 1970. The van der Waals surface area contributed by atoms with Crippen LogP contribution in [0.15, 0.2) is 65.5 Å². The van der Waals surface area contributed by atoms with E-state index in [-0.39, 0.29) is 11.4 Å². The summed E-state index contributed by atoms with van der Waals surface area (Å²) in [7, 11) is 1.07. The number of pyridine rings is 1. The van der Waals surface area contributed by atoms with Crippen LogP contribution in [-0.2, 0) is 11.6 Å². The quantitative estimate of drug-likeness (QED) is 0.225. The molecule has 1 fully saturated rings. The Morgan fingerprint density at radius 3 is 2.56 bits per heavy atom. The number of ether oxygens (including phenoxy) is 1. The maximum Gasteiger partial charge on any atom is 0.258 e. The van der Waals surface area contributed by atoms with Gasteiger partial charge in [0, 0.05) is 55.7 Å². The maximum atomic E-state index is 13.9. The average Bonchev–Trinajstić information content (AvgIpc) is 3.33. The molecule has 2 N–H and O–H groups in total. The highest BCUT2D eigenvalue weighted by atomic mass is 31.2. The van der Waals surface area contributed by atoms with Crippen LogP contribution in [0, 0.1) is 19.7 Å². The third-order valence-corrected chi connectivity index (χ3v) is 11.6. The molecule has 0 saturated carbocycles. The highest BCUT2D eigenvalue weighted by Crippen LogP contribution is 2.46. The lowest BCUT2D eigenvalue weighted by Crippen LogP contribution is -2.37. The zero-order valence-corrected chi connectivity index (χ0v) is 25.7. The lowest BCUT2D eigenvalue weighted by Gasteiger charge is -2.31. The van der Waals surface area contributed by atoms with E-state index in [0.717, 1.165) is 46.4 Å². The summed E-state index contributed by atoms with van der Waals surface area (Å²) in [6, 6.07) is 16.0. The van der Waals surface area contributed by atoms with Crippen molar-refractivity contribution in [2.45, 2.75) is 13.8 Å². The number of nitrogens with one attached hydrogen (secondary N) is 2. The van der Waals surface area contributed by atoms with Crippen LogP contribution in [0.3, 0.4) is 0 Å². The van der Waals surface area contributed by atoms with Crippen molar-refractivity contribution in [2.24, 2.45) is 7.05 Å². The van der Waals surface area contributed by atoms with Gasteiger partial charge in [-0.05, 0) is 78.9 Å². The molecule has 5 aromatic rings. The van der Waals surface area contributed by atoms with E-state index >= 15 is 0 Å². The summed E-state index contributed by atoms with van der Waals surface area (Å²) in [5.41, 5.74) is 4.43. The largest absolute Gasteiger partial charge is 0.497 e. The fourth-order valence-corrected chi connectivity index (χ4v) is 8.49. The van der Waals surface area contributed by atoms with Crippen LogP contribution in [-0.4, -0.2) is 58.5 Å². The number of hydrogen-bond donors (Lipinski definition) is 2. The van der Waals surface area contributed by atoms with Crippen molar-refractivity contribution in [1.82, 2.24) is 19.4 Å². The van der Waals surface area contributed by atoms with Crippen LogP contribution in [0.2, 0.25) is 0 Å². The molecule has 0 unspecified atom stereocenters. The first-order valence-electron chi connectivity index (χ1n) is 14.3. The molecule has 0 bridgehead atoms. The van der Waals surface area contributed by atoms with E-state index in [1.807, 2.05) is 67.9 Å². The topological polar surface area (TPSA) is 92.2 Å². The van der Waals surface area contributed by atoms with Crippen LogP contribution in [0.25, 0.3) is 27.9 Å². The first-order chi connectivity index (χ1) is 20.7. The molecule has 6 rings (SSSR count). The smallest absolute Gasteiger partial charge is 0.258 e. The molecule has 222 valence electrons. The number of rotatable bonds is 7. The first-order valence-corrected chi connectivity index (χ1v) is 16.4. The standard InChI is InChI=1S/C33H35FN5O3P/c1-21-7-8-23(34)20-29(21)37-33-36-28-14-13-26-22(2)27(35-32(40)30(26)31(28)38(33)3)6-5-15-39-16-18-43(41,19-17-39)25-11-9-24(42-4)10-12-25/h5-14,20H,15-19H2,1-4H3,(H,35,40)(H,36,37)/b6-5-. The molecule has 43 heavy (non-hydrogen) atoms. The summed E-state index contributed by atoms with van der Waals surface area (Å²) in [5, 5.41) is 5.56. The number of nitrogens with zero attached hydrogens (tertiary/aromatic N) is 3. The first kappa shape index (κ1) is 28.9. The second kappa shape index (κ2) is 11.5. The summed E-state index contributed by atoms with van der Waals surface area (Å²) in [6.07, 6.45) is 5.31. The second-order valence-corrected chi connectivity index (χ2v) is 14.4. The molecule has 1 aliphatic rings. The normalized spacial score (nSPS) is 15.5. The van der Waals surface area contributed by atoms with E-state index in [9.17, 15) is 13.8 Å². The van der Waals surface area contributed by atoms with Gasteiger partial charge in [-0.15, -0.1) is 0 Å². The summed E-state index contributed by atoms with van der Waals surface area (Å²) in [6.45, 7) is 6.11. The molecular formula is C33H35FN5O3P. The van der Waals surface area contributed by atoms with Crippen LogP contribution in [0.4, 0.5) is 16.0 Å². The molecule has 1 aliphatic heterocycles. The molecule has 0 atom stereocenters. The van der Waals surface area contributed by atoms with Gasteiger partial charge in [-0.2, -0.15) is 0 Å². The molecule has 3 aromatic carbocycles. The van der Waals surface area contributed by atoms with Crippen molar-refractivity contribution in [2.75, 3.05) is 44.4 Å². The van der Waals surface area contributed by atoms with Gasteiger partial charge < -0.3 is 24.2 Å². The summed E-state index contributed by atoms with van der Waals surface area (Å²) < 4.78 is 34.5. The van der Waals surface area contributed by atoms with Gasteiger partial charge in [0.15, 0.2) is 0 Å². The van der Waals surface area contributed by atoms with Gasteiger partial charge in [0.2, 0.25) is 5.95 Å². The lowest BCUT2D eigenvalue weighted by molar-refractivity contribution is 0.328. The predicted molar refractivity (Wildman–Crippen MR) is 173 cm³/mol. The molecule has 0 spiro atoms. The number of benzene rings is 3. The Morgan fingerprint density at radius 2 is 1.84 bits per heavy atom. The second-order valence-electron chi connectivity index (χ2n) is 11.2. The van der Waals surface area contributed by atoms with E-state index < -0.39 is 7.14 Å². The van der Waals surface area contributed by atoms with E-state index in [1.165, 1.54) is 12.1 Å². The van der Waals surface area contributed by atoms with Gasteiger partial charge in [0.05, 0.1) is 23.5 Å². The van der Waals surface area contributed by atoms with Crippen molar-refractivity contribution in [3.8, 4) is 5.75 Å². The van der Waals surface area contributed by atoms with E-state index in [4.69, 9.17) is 9.72 Å². The van der Waals surface area contributed by atoms with Crippen LogP contribution < -0.4 is 20.9 Å². The minimum atomic E-state index is -2.41. The summed E-state index contributed by atoms with van der Waals surface area (Å²) >= 11 is 0. The fraction of sp³-hybridized carbons (Fsp3) is 0.273. The van der Waals surface area contributed by atoms with E-state index in [0.29, 0.717) is 46.9 Å². The molecule has 2 aromatic heterocycles. The van der Waals surface area contributed by atoms with Gasteiger partial charge in [-0.3, -0.25) is 9.69 Å². The molecule has 3 heterocycles. The number of H-pyrrole nitrogens is 1.